The highest BCUT2D eigenvalue weighted by molar-refractivity contribution is 6.30. The van der Waals surface area contributed by atoms with Crippen LogP contribution in [-0.2, 0) is 11.3 Å². The summed E-state index contributed by atoms with van der Waals surface area (Å²) in [6, 6.07) is 6.13. The van der Waals surface area contributed by atoms with Crippen molar-refractivity contribution in [3.63, 3.8) is 0 Å². The molecule has 3 nitrogen and oxygen atoms in total. The number of ether oxygens (including phenoxy) is 1. The summed E-state index contributed by atoms with van der Waals surface area (Å²) in [5, 5.41) is 4.17. The summed E-state index contributed by atoms with van der Waals surface area (Å²) in [7, 11) is 1.78. The van der Waals surface area contributed by atoms with E-state index < -0.39 is 0 Å². The molecule has 0 saturated carbocycles. The largest absolute Gasteiger partial charge is 0.380 e. The van der Waals surface area contributed by atoms with Crippen molar-refractivity contribution in [1.82, 2.24) is 5.32 Å². The smallest absolute Gasteiger partial charge is 0.0762 e. The number of halogens is 1. The van der Waals surface area contributed by atoms with Crippen molar-refractivity contribution >= 4 is 17.3 Å². The van der Waals surface area contributed by atoms with Gasteiger partial charge in [-0.15, -0.1) is 0 Å². The van der Waals surface area contributed by atoms with Crippen LogP contribution in [0.2, 0.25) is 5.02 Å². The first-order valence-electron chi connectivity index (χ1n) is 6.51. The molecule has 0 amide bonds. The quantitative estimate of drug-likeness (QED) is 0.889. The van der Waals surface area contributed by atoms with Crippen LogP contribution in [0, 0.1) is 0 Å². The van der Waals surface area contributed by atoms with Gasteiger partial charge in [-0.25, -0.2) is 0 Å². The summed E-state index contributed by atoms with van der Waals surface area (Å²) in [6.07, 6.45) is 1.43. The van der Waals surface area contributed by atoms with Crippen molar-refractivity contribution in [1.29, 1.82) is 0 Å². The Morgan fingerprint density at radius 3 is 3.00 bits per heavy atom. The molecule has 0 bridgehead atoms. The van der Waals surface area contributed by atoms with E-state index in [9.17, 15) is 0 Å². The highest BCUT2D eigenvalue weighted by Gasteiger charge is 2.23. The lowest BCUT2D eigenvalue weighted by Gasteiger charge is -2.22. The first-order valence-corrected chi connectivity index (χ1v) is 6.89. The van der Waals surface area contributed by atoms with Crippen LogP contribution >= 0.6 is 11.6 Å². The first-order chi connectivity index (χ1) is 8.74. The zero-order valence-corrected chi connectivity index (χ0v) is 11.8. The lowest BCUT2D eigenvalue weighted by atomic mass is 10.1. The Labute approximate surface area is 114 Å². The van der Waals surface area contributed by atoms with Gasteiger partial charge in [-0.1, -0.05) is 24.6 Å². The average molecular weight is 269 g/mol. The van der Waals surface area contributed by atoms with Gasteiger partial charge in [-0.3, -0.25) is 0 Å². The van der Waals surface area contributed by atoms with Gasteiger partial charge in [0.1, 0.15) is 0 Å². The van der Waals surface area contributed by atoms with Gasteiger partial charge in [-0.05, 0) is 30.7 Å². The zero-order chi connectivity index (χ0) is 13.0. The maximum Gasteiger partial charge on any atom is 0.0762 e. The van der Waals surface area contributed by atoms with E-state index in [0.29, 0.717) is 6.10 Å². The molecule has 1 aromatic rings. The third-order valence-electron chi connectivity index (χ3n) is 3.43. The molecule has 0 aromatic heterocycles. The Bertz CT molecular complexity index is 397. The van der Waals surface area contributed by atoms with Crippen molar-refractivity contribution in [2.24, 2.45) is 0 Å². The minimum Gasteiger partial charge on any atom is -0.380 e. The van der Waals surface area contributed by atoms with Gasteiger partial charge in [0, 0.05) is 37.5 Å². The standard InChI is InChI=1S/C14H21ClN2O/c1-3-16-9-11-4-5-12(15)8-14(11)17-7-6-13(10-17)18-2/h4-5,8,13,16H,3,6-7,9-10H2,1-2H3. The van der Waals surface area contributed by atoms with Crippen LogP contribution in [0.15, 0.2) is 18.2 Å². The van der Waals surface area contributed by atoms with Crippen molar-refractivity contribution in [2.75, 3.05) is 31.6 Å². The van der Waals surface area contributed by atoms with Gasteiger partial charge in [0.25, 0.3) is 0 Å². The van der Waals surface area contributed by atoms with Crippen LogP contribution < -0.4 is 10.2 Å². The third-order valence-corrected chi connectivity index (χ3v) is 3.67. The lowest BCUT2D eigenvalue weighted by Crippen LogP contribution is -2.24. The third kappa shape index (κ3) is 3.16. The molecule has 18 heavy (non-hydrogen) atoms. The van der Waals surface area contributed by atoms with Crippen LogP contribution in [-0.4, -0.2) is 32.8 Å². The Kier molecular flexibility index (Phi) is 4.87. The van der Waals surface area contributed by atoms with E-state index in [0.717, 1.165) is 37.6 Å². The Morgan fingerprint density at radius 2 is 2.33 bits per heavy atom. The second-order valence-electron chi connectivity index (χ2n) is 4.65. The van der Waals surface area contributed by atoms with Gasteiger partial charge in [-0.2, -0.15) is 0 Å². The molecule has 1 fully saturated rings. The summed E-state index contributed by atoms with van der Waals surface area (Å²) >= 11 is 6.12. The lowest BCUT2D eigenvalue weighted by molar-refractivity contribution is 0.121. The summed E-state index contributed by atoms with van der Waals surface area (Å²) in [6.45, 7) is 5.97. The molecule has 1 saturated heterocycles. The number of rotatable bonds is 5. The molecule has 100 valence electrons. The van der Waals surface area contributed by atoms with Gasteiger partial charge in [0.2, 0.25) is 0 Å². The molecule has 4 heteroatoms. The Balaban J connectivity index is 2.16. The summed E-state index contributed by atoms with van der Waals surface area (Å²) in [4.78, 5) is 2.37. The van der Waals surface area contributed by atoms with Gasteiger partial charge in [0.05, 0.1) is 6.10 Å². The second kappa shape index (κ2) is 6.41. The molecule has 1 atom stereocenters. The Morgan fingerprint density at radius 1 is 1.50 bits per heavy atom. The van der Waals surface area contributed by atoms with E-state index >= 15 is 0 Å². The van der Waals surface area contributed by atoms with Crippen molar-refractivity contribution < 1.29 is 4.74 Å². The topological polar surface area (TPSA) is 24.5 Å². The predicted molar refractivity (Wildman–Crippen MR) is 76.5 cm³/mol. The number of methoxy groups -OCH3 is 1. The van der Waals surface area contributed by atoms with Crippen molar-refractivity contribution in [3.05, 3.63) is 28.8 Å². The molecule has 1 heterocycles. The number of benzene rings is 1. The predicted octanol–water partition coefficient (Wildman–Crippen LogP) is 2.67. The normalized spacial score (nSPS) is 19.5. The van der Waals surface area contributed by atoms with Gasteiger partial charge < -0.3 is 15.0 Å². The first kappa shape index (κ1) is 13.7. The minimum absolute atomic E-state index is 0.343. The summed E-state index contributed by atoms with van der Waals surface area (Å²) in [5.41, 5.74) is 2.54. The molecule has 2 rings (SSSR count). The summed E-state index contributed by atoms with van der Waals surface area (Å²) < 4.78 is 5.42. The molecule has 1 aliphatic heterocycles. The number of nitrogens with one attached hydrogen (secondary N) is 1. The maximum atomic E-state index is 6.12. The van der Waals surface area contributed by atoms with E-state index in [1.807, 2.05) is 6.07 Å². The van der Waals surface area contributed by atoms with Crippen LogP contribution in [0.5, 0.6) is 0 Å². The molecule has 1 N–H and O–H groups in total. The fourth-order valence-electron chi connectivity index (χ4n) is 2.38. The van der Waals surface area contributed by atoms with Crippen LogP contribution in [0.4, 0.5) is 5.69 Å². The minimum atomic E-state index is 0.343. The molecule has 1 unspecified atom stereocenters. The molecule has 0 radical (unpaired) electrons. The summed E-state index contributed by atoms with van der Waals surface area (Å²) in [5.74, 6) is 0. The molecule has 0 aliphatic carbocycles. The highest BCUT2D eigenvalue weighted by atomic mass is 35.5. The fourth-order valence-corrected chi connectivity index (χ4v) is 2.55. The van der Waals surface area contributed by atoms with E-state index in [1.165, 1.54) is 11.3 Å². The number of anilines is 1. The molecule has 1 aromatic carbocycles. The van der Waals surface area contributed by atoms with Crippen LogP contribution in [0.1, 0.15) is 18.9 Å². The highest BCUT2D eigenvalue weighted by Crippen LogP contribution is 2.28. The number of hydrogen-bond donors (Lipinski definition) is 1. The molecule has 0 spiro atoms. The van der Waals surface area contributed by atoms with E-state index in [4.69, 9.17) is 16.3 Å². The average Bonchev–Trinajstić information content (AvgIpc) is 2.86. The van der Waals surface area contributed by atoms with E-state index in [-0.39, 0.29) is 0 Å². The van der Waals surface area contributed by atoms with E-state index in [2.05, 4.69) is 29.3 Å². The molecule has 1 aliphatic rings. The number of nitrogens with zero attached hydrogens (tertiary/aromatic N) is 1. The number of hydrogen-bond acceptors (Lipinski definition) is 3. The zero-order valence-electron chi connectivity index (χ0n) is 11.1. The second-order valence-corrected chi connectivity index (χ2v) is 5.08. The molecular weight excluding hydrogens is 248 g/mol. The van der Waals surface area contributed by atoms with Crippen molar-refractivity contribution in [2.45, 2.75) is 26.0 Å². The van der Waals surface area contributed by atoms with Gasteiger partial charge in [0.15, 0.2) is 0 Å². The van der Waals surface area contributed by atoms with E-state index in [1.54, 1.807) is 7.11 Å². The fraction of sp³-hybridized carbons (Fsp3) is 0.571. The Hall–Kier alpha value is -0.770. The van der Waals surface area contributed by atoms with Crippen LogP contribution in [0.25, 0.3) is 0 Å². The molecular formula is C14H21ClN2O. The SMILES string of the molecule is CCNCc1ccc(Cl)cc1N1CCC(OC)C1. The monoisotopic (exact) mass is 268 g/mol. The van der Waals surface area contributed by atoms with Gasteiger partial charge >= 0.3 is 0 Å². The maximum absolute atomic E-state index is 6.12. The van der Waals surface area contributed by atoms with Crippen molar-refractivity contribution in [3.8, 4) is 0 Å². The van der Waals surface area contributed by atoms with Crippen LogP contribution in [0.3, 0.4) is 0 Å².